The monoisotopic (exact) mass is 384 g/mol. The van der Waals surface area contributed by atoms with Gasteiger partial charge in [0.15, 0.2) is 0 Å². The van der Waals surface area contributed by atoms with E-state index < -0.39 is 0 Å². The van der Waals surface area contributed by atoms with Gasteiger partial charge in [-0.15, -0.1) is 11.3 Å². The predicted octanol–water partition coefficient (Wildman–Crippen LogP) is 2.70. The summed E-state index contributed by atoms with van der Waals surface area (Å²) in [4.78, 5) is 23.4. The Labute approximate surface area is 165 Å². The Kier molecular flexibility index (Phi) is 5.57. The van der Waals surface area contributed by atoms with Crippen molar-refractivity contribution in [2.24, 2.45) is 0 Å². The first kappa shape index (κ1) is 18.6. The van der Waals surface area contributed by atoms with Crippen LogP contribution in [0.5, 0.6) is 0 Å². The Bertz CT molecular complexity index is 801. The summed E-state index contributed by atoms with van der Waals surface area (Å²) in [5.41, 5.74) is 4.56. The highest BCUT2D eigenvalue weighted by Gasteiger charge is 2.27. The van der Waals surface area contributed by atoms with Crippen molar-refractivity contribution in [2.75, 3.05) is 26.7 Å². The van der Waals surface area contributed by atoms with Crippen LogP contribution in [0.1, 0.15) is 45.4 Å². The lowest BCUT2D eigenvalue weighted by Crippen LogP contribution is -2.37. The Morgan fingerprint density at radius 2 is 2.26 bits per heavy atom. The fourth-order valence-corrected chi connectivity index (χ4v) is 5.13. The van der Waals surface area contributed by atoms with Gasteiger partial charge in [0.05, 0.1) is 11.3 Å². The molecule has 1 atom stereocenters. The largest absolute Gasteiger partial charge is 0.348 e. The van der Waals surface area contributed by atoms with Gasteiger partial charge < -0.3 is 10.2 Å². The van der Waals surface area contributed by atoms with E-state index in [2.05, 4.69) is 51.6 Å². The topological polar surface area (TPSA) is 48.5 Å². The van der Waals surface area contributed by atoms with Gasteiger partial charge >= 0.3 is 0 Å². The quantitative estimate of drug-likeness (QED) is 0.861. The molecule has 144 valence electrons. The number of thiophene rings is 1. The Hall–Kier alpha value is -1.76. The number of carbonyl (C=O) groups excluding carboxylic acids is 1. The van der Waals surface area contributed by atoms with Crippen LogP contribution >= 0.6 is 11.3 Å². The third kappa shape index (κ3) is 4.23. The van der Waals surface area contributed by atoms with Crippen molar-refractivity contribution in [2.45, 2.75) is 45.3 Å². The number of nitrogens with zero attached hydrogens (tertiary/aromatic N) is 3. The maximum Gasteiger partial charge on any atom is 0.252 e. The van der Waals surface area contributed by atoms with Crippen molar-refractivity contribution in [3.8, 4) is 0 Å². The fraction of sp³-hybridized carbons (Fsp3) is 0.524. The number of carbonyl (C=O) groups is 1. The van der Waals surface area contributed by atoms with Crippen LogP contribution in [-0.4, -0.2) is 53.4 Å². The van der Waals surface area contributed by atoms with Crippen LogP contribution in [0, 0.1) is 0 Å². The number of aryl methyl sites for hydroxylation is 1. The summed E-state index contributed by atoms with van der Waals surface area (Å²) < 4.78 is 0. The van der Waals surface area contributed by atoms with Gasteiger partial charge in [-0.2, -0.15) is 0 Å². The molecule has 0 radical (unpaired) electrons. The highest BCUT2D eigenvalue weighted by molar-refractivity contribution is 7.10. The van der Waals surface area contributed by atoms with Crippen molar-refractivity contribution in [1.82, 2.24) is 20.1 Å². The molecule has 1 N–H and O–H groups in total. The van der Waals surface area contributed by atoms with Crippen LogP contribution in [0.15, 0.2) is 23.7 Å². The maximum atomic E-state index is 12.7. The molecule has 0 saturated carbocycles. The van der Waals surface area contributed by atoms with Gasteiger partial charge in [-0.05, 0) is 50.0 Å². The molecule has 0 bridgehead atoms. The van der Waals surface area contributed by atoms with E-state index in [4.69, 9.17) is 0 Å². The van der Waals surface area contributed by atoms with Crippen molar-refractivity contribution >= 4 is 17.2 Å². The molecule has 0 aliphatic carbocycles. The van der Waals surface area contributed by atoms with E-state index in [1.807, 2.05) is 6.20 Å². The second-order valence-electron chi connectivity index (χ2n) is 7.74. The lowest BCUT2D eigenvalue weighted by molar-refractivity contribution is 0.0937. The zero-order valence-corrected chi connectivity index (χ0v) is 17.0. The molecule has 1 amide bonds. The van der Waals surface area contributed by atoms with Gasteiger partial charge in [-0.25, -0.2) is 0 Å². The minimum Gasteiger partial charge on any atom is -0.348 e. The molecule has 4 rings (SSSR count). The van der Waals surface area contributed by atoms with Crippen LogP contribution < -0.4 is 5.32 Å². The number of fused-ring (bicyclic) bond motifs is 1. The van der Waals surface area contributed by atoms with E-state index in [1.54, 1.807) is 11.3 Å². The van der Waals surface area contributed by atoms with Crippen molar-refractivity contribution in [3.63, 3.8) is 0 Å². The van der Waals surface area contributed by atoms with E-state index in [0.29, 0.717) is 0 Å². The summed E-state index contributed by atoms with van der Waals surface area (Å²) in [7, 11) is 2.11. The molecule has 6 heteroatoms. The number of pyridine rings is 1. The van der Waals surface area contributed by atoms with Gasteiger partial charge in [-0.3, -0.25) is 14.7 Å². The molecule has 0 aromatic carbocycles. The van der Waals surface area contributed by atoms with Crippen LogP contribution in [0.2, 0.25) is 0 Å². The third-order valence-corrected chi connectivity index (χ3v) is 6.69. The molecule has 2 aliphatic heterocycles. The first-order valence-corrected chi connectivity index (χ1v) is 10.7. The standard InChI is InChI=1S/C21H28N4OS/c1-3-15-4-5-16(22-10-15)12-25-9-7-18-19(14-27-20(18)13-25)21(26)23-17-6-8-24(2)11-17/h4-5,10,14,17H,3,6-9,11-13H2,1-2H3,(H,23,26)/t17-/m0/s1. The van der Waals surface area contributed by atoms with Gasteiger partial charge in [0.1, 0.15) is 0 Å². The predicted molar refractivity (Wildman–Crippen MR) is 109 cm³/mol. The zero-order chi connectivity index (χ0) is 18.8. The second kappa shape index (κ2) is 8.09. The first-order chi connectivity index (χ1) is 13.1. The third-order valence-electron chi connectivity index (χ3n) is 5.68. The summed E-state index contributed by atoms with van der Waals surface area (Å²) in [5, 5.41) is 5.28. The smallest absolute Gasteiger partial charge is 0.252 e. The lowest BCUT2D eigenvalue weighted by Gasteiger charge is -2.27. The van der Waals surface area contributed by atoms with E-state index in [0.717, 1.165) is 63.2 Å². The number of hydrogen-bond donors (Lipinski definition) is 1. The average molecular weight is 385 g/mol. The van der Waals surface area contributed by atoms with Crippen molar-refractivity contribution < 1.29 is 4.79 Å². The highest BCUT2D eigenvalue weighted by Crippen LogP contribution is 2.29. The van der Waals surface area contributed by atoms with Crippen molar-refractivity contribution in [1.29, 1.82) is 0 Å². The molecule has 1 saturated heterocycles. The van der Waals surface area contributed by atoms with Gasteiger partial charge in [0.2, 0.25) is 0 Å². The minimum atomic E-state index is 0.109. The maximum absolute atomic E-state index is 12.7. The van der Waals surface area contributed by atoms with E-state index in [9.17, 15) is 4.79 Å². The number of hydrogen-bond acceptors (Lipinski definition) is 5. The van der Waals surface area contributed by atoms with E-state index in [-0.39, 0.29) is 11.9 Å². The van der Waals surface area contributed by atoms with E-state index >= 15 is 0 Å². The van der Waals surface area contributed by atoms with Gasteiger partial charge in [0, 0.05) is 48.7 Å². The van der Waals surface area contributed by atoms with Crippen LogP contribution in [0.25, 0.3) is 0 Å². The van der Waals surface area contributed by atoms with Gasteiger partial charge in [0.25, 0.3) is 5.91 Å². The zero-order valence-electron chi connectivity index (χ0n) is 16.2. The lowest BCUT2D eigenvalue weighted by atomic mass is 10.0. The molecular formula is C21H28N4OS. The molecule has 2 aromatic heterocycles. The minimum absolute atomic E-state index is 0.109. The number of likely N-dealkylation sites (N-methyl/N-ethyl adjacent to an activating group) is 1. The number of aromatic nitrogens is 1. The Morgan fingerprint density at radius 3 is 2.96 bits per heavy atom. The summed E-state index contributed by atoms with van der Waals surface area (Å²) in [6.45, 7) is 6.93. The Morgan fingerprint density at radius 1 is 1.37 bits per heavy atom. The summed E-state index contributed by atoms with van der Waals surface area (Å²) in [5.74, 6) is 0.109. The summed E-state index contributed by atoms with van der Waals surface area (Å²) in [6, 6.07) is 4.60. The molecule has 0 unspecified atom stereocenters. The SMILES string of the molecule is CCc1ccc(CN2CCc3c(C(=O)N[C@H]4CCN(C)C4)csc3C2)nc1. The molecule has 1 fully saturated rings. The molecule has 0 spiro atoms. The molecule has 4 heterocycles. The summed E-state index contributed by atoms with van der Waals surface area (Å²) >= 11 is 1.73. The van der Waals surface area contributed by atoms with Gasteiger partial charge in [-0.1, -0.05) is 13.0 Å². The highest BCUT2D eigenvalue weighted by atomic mass is 32.1. The Balaban J connectivity index is 1.38. The van der Waals surface area contributed by atoms with Crippen molar-refractivity contribution in [3.05, 3.63) is 51.0 Å². The number of likely N-dealkylation sites (tertiary alicyclic amines) is 1. The van der Waals surface area contributed by atoms with Crippen LogP contribution in [0.4, 0.5) is 0 Å². The molecule has 27 heavy (non-hydrogen) atoms. The second-order valence-corrected chi connectivity index (χ2v) is 8.71. The molecule has 2 aromatic rings. The first-order valence-electron chi connectivity index (χ1n) is 9.87. The molecule has 5 nitrogen and oxygen atoms in total. The number of nitrogens with one attached hydrogen (secondary N) is 1. The van der Waals surface area contributed by atoms with E-state index in [1.165, 1.54) is 16.0 Å². The number of amides is 1. The average Bonchev–Trinajstić information content (AvgIpc) is 3.28. The fourth-order valence-electron chi connectivity index (χ4n) is 4.01. The molecule has 2 aliphatic rings. The van der Waals surface area contributed by atoms with Crippen LogP contribution in [0.3, 0.4) is 0 Å². The van der Waals surface area contributed by atoms with Crippen LogP contribution in [-0.2, 0) is 25.9 Å². The molecular weight excluding hydrogens is 356 g/mol. The number of rotatable bonds is 5. The normalized spacial score (nSPS) is 20.6. The summed E-state index contributed by atoms with van der Waals surface area (Å²) in [6.07, 6.45) is 5.00.